The second-order valence-corrected chi connectivity index (χ2v) is 6.46. The average Bonchev–Trinajstić information content (AvgIpc) is 3.21. The number of nitrogens with one attached hydrogen (secondary N) is 1. The van der Waals surface area contributed by atoms with Crippen LogP contribution in [-0.4, -0.2) is 36.5 Å². The lowest BCUT2D eigenvalue weighted by atomic mass is 10.1. The van der Waals surface area contributed by atoms with Crippen molar-refractivity contribution in [3.63, 3.8) is 0 Å². The molecule has 1 aromatic rings. The van der Waals surface area contributed by atoms with Crippen molar-refractivity contribution >= 4 is 11.8 Å². The SMILES string of the molecule is O=C(COCC1CCCC1)NCC(=O)N1Cc2ccccc2C1. The fourth-order valence-corrected chi connectivity index (χ4v) is 3.34. The molecule has 1 N–H and O–H groups in total. The van der Waals surface area contributed by atoms with E-state index in [1.807, 2.05) is 24.3 Å². The van der Waals surface area contributed by atoms with Gasteiger partial charge in [-0.05, 0) is 29.9 Å². The van der Waals surface area contributed by atoms with Crippen molar-refractivity contribution in [2.75, 3.05) is 19.8 Å². The predicted octanol–water partition coefficient (Wildman–Crippen LogP) is 1.85. The van der Waals surface area contributed by atoms with Gasteiger partial charge < -0.3 is 15.0 Å². The molecule has 0 atom stereocenters. The molecule has 0 bridgehead atoms. The van der Waals surface area contributed by atoms with Crippen LogP contribution in [0.1, 0.15) is 36.8 Å². The molecule has 23 heavy (non-hydrogen) atoms. The van der Waals surface area contributed by atoms with Gasteiger partial charge in [-0.25, -0.2) is 0 Å². The number of fused-ring (bicyclic) bond motifs is 1. The molecule has 5 heteroatoms. The summed E-state index contributed by atoms with van der Waals surface area (Å²) in [4.78, 5) is 25.7. The standard InChI is InChI=1S/C18H24N2O3/c21-17(13-23-12-14-5-1-2-6-14)19-9-18(22)20-10-15-7-3-4-8-16(15)11-20/h3-4,7-8,14H,1-2,5-6,9-13H2,(H,19,21). The zero-order chi connectivity index (χ0) is 16.1. The Morgan fingerprint density at radius 3 is 2.43 bits per heavy atom. The second-order valence-electron chi connectivity index (χ2n) is 6.46. The van der Waals surface area contributed by atoms with Crippen molar-refractivity contribution in [2.45, 2.75) is 38.8 Å². The van der Waals surface area contributed by atoms with Gasteiger partial charge in [0.1, 0.15) is 6.61 Å². The number of hydrogen-bond acceptors (Lipinski definition) is 3. The van der Waals surface area contributed by atoms with Crippen LogP contribution in [0.3, 0.4) is 0 Å². The Labute approximate surface area is 137 Å². The van der Waals surface area contributed by atoms with Crippen LogP contribution in [0.25, 0.3) is 0 Å². The molecule has 5 nitrogen and oxygen atoms in total. The molecule has 0 spiro atoms. The maximum atomic E-state index is 12.2. The summed E-state index contributed by atoms with van der Waals surface area (Å²) in [5, 5.41) is 2.66. The van der Waals surface area contributed by atoms with Crippen molar-refractivity contribution in [2.24, 2.45) is 5.92 Å². The maximum Gasteiger partial charge on any atom is 0.246 e. The molecule has 2 amide bonds. The summed E-state index contributed by atoms with van der Waals surface area (Å²) in [5.74, 6) is 0.339. The lowest BCUT2D eigenvalue weighted by Crippen LogP contribution is -2.39. The van der Waals surface area contributed by atoms with Gasteiger partial charge >= 0.3 is 0 Å². The number of amides is 2. The Kier molecular flexibility index (Phi) is 5.28. The molecule has 0 radical (unpaired) electrons. The molecule has 2 aliphatic rings. The highest BCUT2D eigenvalue weighted by molar-refractivity contribution is 5.85. The Morgan fingerprint density at radius 2 is 1.78 bits per heavy atom. The highest BCUT2D eigenvalue weighted by Crippen LogP contribution is 2.24. The third kappa shape index (κ3) is 4.32. The van der Waals surface area contributed by atoms with Crippen molar-refractivity contribution < 1.29 is 14.3 Å². The molecule has 1 aliphatic heterocycles. The molecule has 1 aromatic carbocycles. The summed E-state index contributed by atoms with van der Waals surface area (Å²) in [6.45, 7) is 2.00. The number of rotatable bonds is 6. The number of benzene rings is 1. The molecule has 3 rings (SSSR count). The Hall–Kier alpha value is -1.88. The van der Waals surface area contributed by atoms with Gasteiger partial charge in [0, 0.05) is 13.1 Å². The molecule has 0 unspecified atom stereocenters. The third-order valence-electron chi connectivity index (χ3n) is 4.69. The van der Waals surface area contributed by atoms with E-state index in [2.05, 4.69) is 5.32 Å². The van der Waals surface area contributed by atoms with E-state index < -0.39 is 0 Å². The summed E-state index contributed by atoms with van der Waals surface area (Å²) in [7, 11) is 0. The summed E-state index contributed by atoms with van der Waals surface area (Å²) in [6, 6.07) is 8.04. The van der Waals surface area contributed by atoms with E-state index in [0.717, 1.165) is 0 Å². The van der Waals surface area contributed by atoms with Crippen molar-refractivity contribution in [3.05, 3.63) is 35.4 Å². The van der Waals surface area contributed by atoms with E-state index in [1.54, 1.807) is 4.90 Å². The minimum atomic E-state index is -0.215. The van der Waals surface area contributed by atoms with Crippen LogP contribution in [-0.2, 0) is 27.4 Å². The highest BCUT2D eigenvalue weighted by atomic mass is 16.5. The molecule has 124 valence electrons. The monoisotopic (exact) mass is 316 g/mol. The smallest absolute Gasteiger partial charge is 0.246 e. The van der Waals surface area contributed by atoms with E-state index >= 15 is 0 Å². The van der Waals surface area contributed by atoms with E-state index in [-0.39, 0.29) is 25.0 Å². The lowest BCUT2D eigenvalue weighted by Gasteiger charge is -2.16. The molecule has 1 fully saturated rings. The van der Waals surface area contributed by atoms with Gasteiger partial charge in [-0.2, -0.15) is 0 Å². The van der Waals surface area contributed by atoms with Crippen LogP contribution in [0.15, 0.2) is 24.3 Å². The van der Waals surface area contributed by atoms with Gasteiger partial charge in [-0.15, -0.1) is 0 Å². The van der Waals surface area contributed by atoms with Gasteiger partial charge in [0.15, 0.2) is 0 Å². The van der Waals surface area contributed by atoms with Crippen molar-refractivity contribution in [1.29, 1.82) is 0 Å². The predicted molar refractivity (Wildman–Crippen MR) is 86.5 cm³/mol. The van der Waals surface area contributed by atoms with Crippen LogP contribution in [0, 0.1) is 5.92 Å². The lowest BCUT2D eigenvalue weighted by molar-refractivity contribution is -0.134. The number of hydrogen-bond donors (Lipinski definition) is 1. The summed E-state index contributed by atoms with van der Waals surface area (Å²) in [5.41, 5.74) is 2.37. The number of ether oxygens (including phenoxy) is 1. The molecule has 0 aromatic heterocycles. The van der Waals surface area contributed by atoms with Crippen LogP contribution in [0.5, 0.6) is 0 Å². The molecule has 1 heterocycles. The Bertz CT molecular complexity index is 542. The first-order chi connectivity index (χ1) is 11.2. The summed E-state index contributed by atoms with van der Waals surface area (Å²) < 4.78 is 5.45. The molecular weight excluding hydrogens is 292 g/mol. The van der Waals surface area contributed by atoms with Gasteiger partial charge in [-0.3, -0.25) is 9.59 Å². The molecule has 1 aliphatic carbocycles. The average molecular weight is 316 g/mol. The molecule has 1 saturated carbocycles. The topological polar surface area (TPSA) is 58.6 Å². The van der Waals surface area contributed by atoms with Gasteiger partial charge in [0.25, 0.3) is 0 Å². The van der Waals surface area contributed by atoms with Crippen molar-refractivity contribution in [1.82, 2.24) is 10.2 Å². The minimum Gasteiger partial charge on any atom is -0.371 e. The van der Waals surface area contributed by atoms with E-state index in [1.165, 1.54) is 36.8 Å². The summed E-state index contributed by atoms with van der Waals surface area (Å²) in [6.07, 6.45) is 4.95. The van der Waals surface area contributed by atoms with E-state index in [9.17, 15) is 9.59 Å². The zero-order valence-corrected chi connectivity index (χ0v) is 13.4. The van der Waals surface area contributed by atoms with Gasteiger partial charge in [0.05, 0.1) is 13.2 Å². The largest absolute Gasteiger partial charge is 0.371 e. The molecular formula is C18H24N2O3. The van der Waals surface area contributed by atoms with E-state index in [0.29, 0.717) is 25.6 Å². The zero-order valence-electron chi connectivity index (χ0n) is 13.4. The Balaban J connectivity index is 1.33. The fraction of sp³-hybridized carbons (Fsp3) is 0.556. The summed E-state index contributed by atoms with van der Waals surface area (Å²) >= 11 is 0. The Morgan fingerprint density at radius 1 is 1.13 bits per heavy atom. The molecule has 0 saturated heterocycles. The normalized spacial score (nSPS) is 17.3. The first-order valence-electron chi connectivity index (χ1n) is 8.41. The van der Waals surface area contributed by atoms with Crippen LogP contribution in [0.4, 0.5) is 0 Å². The van der Waals surface area contributed by atoms with Crippen LogP contribution < -0.4 is 5.32 Å². The quantitative estimate of drug-likeness (QED) is 0.871. The third-order valence-corrected chi connectivity index (χ3v) is 4.69. The first-order valence-corrected chi connectivity index (χ1v) is 8.41. The maximum absolute atomic E-state index is 12.2. The van der Waals surface area contributed by atoms with Crippen molar-refractivity contribution in [3.8, 4) is 0 Å². The highest BCUT2D eigenvalue weighted by Gasteiger charge is 2.23. The minimum absolute atomic E-state index is 0.0413. The van der Waals surface area contributed by atoms with Crippen LogP contribution >= 0.6 is 0 Å². The first kappa shape index (κ1) is 16.0. The second kappa shape index (κ2) is 7.59. The van der Waals surface area contributed by atoms with Gasteiger partial charge in [-0.1, -0.05) is 37.1 Å². The van der Waals surface area contributed by atoms with Crippen LogP contribution in [0.2, 0.25) is 0 Å². The fourth-order valence-electron chi connectivity index (χ4n) is 3.34. The van der Waals surface area contributed by atoms with Gasteiger partial charge in [0.2, 0.25) is 11.8 Å². The van der Waals surface area contributed by atoms with E-state index in [4.69, 9.17) is 4.74 Å². The number of carbonyl (C=O) groups excluding carboxylic acids is 2. The number of nitrogens with zero attached hydrogens (tertiary/aromatic N) is 1. The number of carbonyl (C=O) groups is 2.